The van der Waals surface area contributed by atoms with E-state index in [0.717, 1.165) is 40.6 Å². The van der Waals surface area contributed by atoms with E-state index >= 15 is 0 Å². The molecular formula is C19H22ClN3O3. The first-order chi connectivity index (χ1) is 12.4. The second-order valence-corrected chi connectivity index (χ2v) is 6.85. The van der Waals surface area contributed by atoms with Gasteiger partial charge in [-0.15, -0.1) is 0 Å². The molecule has 0 aliphatic rings. The molecular weight excluding hydrogens is 354 g/mol. The summed E-state index contributed by atoms with van der Waals surface area (Å²) in [6, 6.07) is 3.67. The summed E-state index contributed by atoms with van der Waals surface area (Å²) in [4.78, 5) is 11.9. The molecule has 0 aliphatic heterocycles. The first-order valence-corrected chi connectivity index (χ1v) is 8.98. The number of carboxylic acids is 1. The molecule has 3 aromatic rings. The van der Waals surface area contributed by atoms with E-state index in [2.05, 4.69) is 17.1 Å². The molecule has 2 aromatic heterocycles. The van der Waals surface area contributed by atoms with Crippen LogP contribution in [0.5, 0.6) is 0 Å². The Morgan fingerprint density at radius 1 is 1.35 bits per heavy atom. The lowest BCUT2D eigenvalue weighted by molar-refractivity contribution is 0.0685. The van der Waals surface area contributed by atoms with Gasteiger partial charge in [-0.1, -0.05) is 31.0 Å². The molecule has 0 saturated carbocycles. The Morgan fingerprint density at radius 2 is 2.08 bits per heavy atom. The van der Waals surface area contributed by atoms with Crippen molar-refractivity contribution in [2.24, 2.45) is 7.05 Å². The van der Waals surface area contributed by atoms with E-state index in [9.17, 15) is 15.0 Å². The highest BCUT2D eigenvalue weighted by Gasteiger charge is 2.26. The highest BCUT2D eigenvalue weighted by Crippen LogP contribution is 2.41. The Kier molecular flexibility index (Phi) is 5.07. The fourth-order valence-corrected chi connectivity index (χ4v) is 3.89. The standard InChI is InChI=1S/C19H22ClN3O3/c1-4-5-6-11-12-7-8-13(20)16(15-10(2)21-22-14(15)9-24)17(12)23(3)18(11)19(25)26/h7-8,24H,4-6,9H2,1-3H3,(H,21,22)(H,25,26). The predicted octanol–water partition coefficient (Wildman–Crippen LogP) is 4.06. The number of aryl methyl sites for hydroxylation is 3. The summed E-state index contributed by atoms with van der Waals surface area (Å²) < 4.78 is 1.69. The molecule has 0 fully saturated rings. The first-order valence-electron chi connectivity index (χ1n) is 8.60. The van der Waals surface area contributed by atoms with Crippen LogP contribution in [0, 0.1) is 6.92 Å². The number of carboxylic acid groups (broad SMARTS) is 1. The number of hydrogen-bond donors (Lipinski definition) is 3. The van der Waals surface area contributed by atoms with Gasteiger partial charge in [-0.25, -0.2) is 4.79 Å². The SMILES string of the molecule is CCCCc1c(C(=O)O)n(C)c2c(-c3c(CO)n[nH]c3C)c(Cl)ccc12. The normalized spacial score (nSPS) is 11.4. The number of aliphatic hydroxyl groups is 1. The Labute approximate surface area is 156 Å². The molecule has 26 heavy (non-hydrogen) atoms. The number of rotatable bonds is 6. The van der Waals surface area contributed by atoms with Gasteiger partial charge in [0.2, 0.25) is 0 Å². The Bertz CT molecular complexity index is 988. The van der Waals surface area contributed by atoms with Crippen LogP contribution in [-0.2, 0) is 20.1 Å². The van der Waals surface area contributed by atoms with E-state index in [0.29, 0.717) is 22.7 Å². The second-order valence-electron chi connectivity index (χ2n) is 6.44. The fourth-order valence-electron chi connectivity index (χ4n) is 3.64. The van der Waals surface area contributed by atoms with Gasteiger partial charge in [0.1, 0.15) is 5.69 Å². The molecule has 7 heteroatoms. The number of carbonyl (C=O) groups is 1. The number of unbranched alkanes of at least 4 members (excludes halogenated alkanes) is 1. The van der Waals surface area contributed by atoms with Gasteiger partial charge in [-0.05, 0) is 31.4 Å². The third-order valence-electron chi connectivity index (χ3n) is 4.81. The number of nitrogens with one attached hydrogen (secondary N) is 1. The topological polar surface area (TPSA) is 91.1 Å². The summed E-state index contributed by atoms with van der Waals surface area (Å²) in [5.41, 5.74) is 4.54. The van der Waals surface area contributed by atoms with Crippen LogP contribution < -0.4 is 0 Å². The average Bonchev–Trinajstić information content (AvgIpc) is 3.11. The number of aliphatic hydroxyl groups excluding tert-OH is 1. The summed E-state index contributed by atoms with van der Waals surface area (Å²) in [5.74, 6) is -0.955. The number of halogens is 1. The zero-order valence-electron chi connectivity index (χ0n) is 15.1. The highest BCUT2D eigenvalue weighted by molar-refractivity contribution is 6.35. The molecule has 0 saturated heterocycles. The van der Waals surface area contributed by atoms with Crippen molar-refractivity contribution in [2.45, 2.75) is 39.7 Å². The Morgan fingerprint density at radius 3 is 2.69 bits per heavy atom. The van der Waals surface area contributed by atoms with Crippen LogP contribution in [0.15, 0.2) is 12.1 Å². The lowest BCUT2D eigenvalue weighted by atomic mass is 9.98. The maximum atomic E-state index is 11.9. The van der Waals surface area contributed by atoms with Crippen molar-refractivity contribution in [3.05, 3.63) is 39.8 Å². The van der Waals surface area contributed by atoms with Crippen molar-refractivity contribution in [1.29, 1.82) is 0 Å². The van der Waals surface area contributed by atoms with Crippen molar-refractivity contribution in [3.63, 3.8) is 0 Å². The average molecular weight is 376 g/mol. The lowest BCUT2D eigenvalue weighted by Crippen LogP contribution is -2.07. The van der Waals surface area contributed by atoms with Crippen LogP contribution in [0.4, 0.5) is 0 Å². The fraction of sp³-hybridized carbons (Fsp3) is 0.368. The number of hydrogen-bond acceptors (Lipinski definition) is 3. The molecule has 0 bridgehead atoms. The van der Waals surface area contributed by atoms with Crippen LogP contribution in [0.1, 0.15) is 47.2 Å². The lowest BCUT2D eigenvalue weighted by Gasteiger charge is -2.10. The van der Waals surface area contributed by atoms with E-state index in [-0.39, 0.29) is 12.3 Å². The van der Waals surface area contributed by atoms with Crippen molar-refractivity contribution < 1.29 is 15.0 Å². The van der Waals surface area contributed by atoms with Gasteiger partial charge in [-0.3, -0.25) is 5.10 Å². The molecule has 3 N–H and O–H groups in total. The first kappa shape index (κ1) is 18.5. The third kappa shape index (κ3) is 2.79. The Hall–Kier alpha value is -2.31. The number of aromatic carboxylic acids is 1. The van der Waals surface area contributed by atoms with Gasteiger partial charge in [-0.2, -0.15) is 5.10 Å². The number of H-pyrrole nitrogens is 1. The quantitative estimate of drug-likeness (QED) is 0.605. The van der Waals surface area contributed by atoms with E-state index in [1.807, 2.05) is 13.0 Å². The third-order valence-corrected chi connectivity index (χ3v) is 5.13. The molecule has 2 heterocycles. The number of aromatic amines is 1. The van der Waals surface area contributed by atoms with Gasteiger partial charge >= 0.3 is 5.97 Å². The largest absolute Gasteiger partial charge is 0.477 e. The summed E-state index contributed by atoms with van der Waals surface area (Å²) in [5, 5.41) is 27.8. The number of nitrogens with zero attached hydrogens (tertiary/aromatic N) is 2. The highest BCUT2D eigenvalue weighted by atomic mass is 35.5. The molecule has 0 unspecified atom stereocenters. The second kappa shape index (κ2) is 7.13. The van der Waals surface area contributed by atoms with Crippen LogP contribution in [0.2, 0.25) is 5.02 Å². The van der Waals surface area contributed by atoms with Gasteiger partial charge in [0, 0.05) is 29.3 Å². The van der Waals surface area contributed by atoms with Crippen LogP contribution in [0.3, 0.4) is 0 Å². The smallest absolute Gasteiger partial charge is 0.352 e. The van der Waals surface area contributed by atoms with Crippen LogP contribution in [0.25, 0.3) is 22.0 Å². The molecule has 0 amide bonds. The summed E-state index contributed by atoms with van der Waals surface area (Å²) in [6.07, 6.45) is 2.57. The minimum Gasteiger partial charge on any atom is -0.477 e. The Balaban J connectivity index is 2.43. The van der Waals surface area contributed by atoms with Crippen molar-refractivity contribution in [3.8, 4) is 11.1 Å². The molecule has 6 nitrogen and oxygen atoms in total. The number of benzene rings is 1. The summed E-state index contributed by atoms with van der Waals surface area (Å²) in [6.45, 7) is 3.71. The van der Waals surface area contributed by atoms with Crippen molar-refractivity contribution in [1.82, 2.24) is 14.8 Å². The van der Waals surface area contributed by atoms with Crippen LogP contribution >= 0.6 is 11.6 Å². The molecule has 3 rings (SSSR count). The summed E-state index contributed by atoms with van der Waals surface area (Å²) in [7, 11) is 1.75. The van der Waals surface area contributed by atoms with Crippen LogP contribution in [-0.4, -0.2) is 30.9 Å². The molecule has 138 valence electrons. The molecule has 1 aromatic carbocycles. The molecule has 0 aliphatic carbocycles. The monoisotopic (exact) mass is 375 g/mol. The predicted molar refractivity (Wildman–Crippen MR) is 102 cm³/mol. The molecule has 0 radical (unpaired) electrons. The maximum Gasteiger partial charge on any atom is 0.352 e. The summed E-state index contributed by atoms with van der Waals surface area (Å²) >= 11 is 6.53. The van der Waals surface area contributed by atoms with Crippen molar-refractivity contribution >= 4 is 28.5 Å². The minimum atomic E-state index is -0.955. The van der Waals surface area contributed by atoms with Gasteiger partial charge < -0.3 is 14.8 Å². The van der Waals surface area contributed by atoms with Gasteiger partial charge in [0.05, 0.1) is 22.8 Å². The minimum absolute atomic E-state index is 0.231. The van der Waals surface area contributed by atoms with E-state index in [4.69, 9.17) is 11.6 Å². The van der Waals surface area contributed by atoms with Crippen molar-refractivity contribution in [2.75, 3.05) is 0 Å². The van der Waals surface area contributed by atoms with Gasteiger partial charge in [0.15, 0.2) is 0 Å². The van der Waals surface area contributed by atoms with E-state index < -0.39 is 5.97 Å². The zero-order chi connectivity index (χ0) is 19.0. The molecule has 0 spiro atoms. The van der Waals surface area contributed by atoms with E-state index in [1.54, 1.807) is 17.7 Å². The number of aromatic nitrogens is 3. The maximum absolute atomic E-state index is 11.9. The van der Waals surface area contributed by atoms with Gasteiger partial charge in [0.25, 0.3) is 0 Å². The zero-order valence-corrected chi connectivity index (χ0v) is 15.8. The molecule has 0 atom stereocenters. The number of fused-ring (bicyclic) bond motifs is 1. The van der Waals surface area contributed by atoms with E-state index in [1.165, 1.54) is 0 Å².